The highest BCUT2D eigenvalue weighted by Crippen LogP contribution is 2.31. The summed E-state index contributed by atoms with van der Waals surface area (Å²) < 4.78 is 13.7. The number of rotatable bonds is 3. The molecule has 1 aromatic carbocycles. The van der Waals surface area contributed by atoms with Crippen LogP contribution in [0.25, 0.3) is 0 Å². The zero-order chi connectivity index (χ0) is 11.6. The van der Waals surface area contributed by atoms with Crippen molar-refractivity contribution in [3.05, 3.63) is 34.1 Å². The Balaban J connectivity index is 0.00000225. The number of aliphatic hydroxyl groups excluding tert-OH is 1. The Morgan fingerprint density at radius 1 is 1.50 bits per heavy atom. The van der Waals surface area contributed by atoms with Crippen molar-refractivity contribution in [3.63, 3.8) is 0 Å². The Hall–Kier alpha value is -0.160. The average Bonchev–Trinajstić information content (AvgIpc) is 2.21. The number of nitrogens with two attached hydrogens (primary N) is 1. The maximum Gasteiger partial charge on any atom is 0.137 e. The SMILES string of the molecule is CC(C)(CO)[C@@H](N)c1ccc(Br)c(F)c1.Cl. The van der Waals surface area contributed by atoms with Gasteiger partial charge in [-0.15, -0.1) is 12.4 Å². The van der Waals surface area contributed by atoms with Crippen LogP contribution in [0.3, 0.4) is 0 Å². The Morgan fingerprint density at radius 2 is 2.06 bits per heavy atom. The molecule has 0 unspecified atom stereocenters. The van der Waals surface area contributed by atoms with Gasteiger partial charge in [-0.25, -0.2) is 4.39 Å². The summed E-state index contributed by atoms with van der Waals surface area (Å²) in [6.45, 7) is 3.65. The van der Waals surface area contributed by atoms with Crippen molar-refractivity contribution in [1.82, 2.24) is 0 Å². The van der Waals surface area contributed by atoms with E-state index in [9.17, 15) is 4.39 Å². The molecule has 1 aromatic rings. The first-order chi connectivity index (χ1) is 6.88. The lowest BCUT2D eigenvalue weighted by atomic mass is 9.82. The summed E-state index contributed by atoms with van der Waals surface area (Å²) in [7, 11) is 0. The molecule has 0 bridgehead atoms. The minimum Gasteiger partial charge on any atom is -0.396 e. The topological polar surface area (TPSA) is 46.2 Å². The highest BCUT2D eigenvalue weighted by atomic mass is 79.9. The molecule has 2 nitrogen and oxygen atoms in total. The first-order valence-electron chi connectivity index (χ1n) is 4.70. The van der Waals surface area contributed by atoms with Crippen LogP contribution in [-0.2, 0) is 0 Å². The fraction of sp³-hybridized carbons (Fsp3) is 0.455. The van der Waals surface area contributed by atoms with Crippen molar-refractivity contribution in [3.8, 4) is 0 Å². The van der Waals surface area contributed by atoms with E-state index < -0.39 is 5.41 Å². The molecule has 0 radical (unpaired) electrons. The lowest BCUT2D eigenvalue weighted by molar-refractivity contribution is 0.132. The van der Waals surface area contributed by atoms with Crippen LogP contribution in [0, 0.1) is 11.2 Å². The summed E-state index contributed by atoms with van der Waals surface area (Å²) >= 11 is 3.08. The zero-order valence-corrected chi connectivity index (χ0v) is 11.6. The summed E-state index contributed by atoms with van der Waals surface area (Å²) in [4.78, 5) is 0. The maximum atomic E-state index is 13.3. The molecule has 0 spiro atoms. The second-order valence-electron chi connectivity index (χ2n) is 4.30. The van der Waals surface area contributed by atoms with E-state index in [4.69, 9.17) is 10.8 Å². The van der Waals surface area contributed by atoms with E-state index in [1.807, 2.05) is 13.8 Å². The van der Waals surface area contributed by atoms with Gasteiger partial charge in [-0.3, -0.25) is 0 Å². The number of hydrogen-bond donors (Lipinski definition) is 2. The summed E-state index contributed by atoms with van der Waals surface area (Å²) in [5.41, 5.74) is 6.19. The van der Waals surface area contributed by atoms with Crippen LogP contribution in [0.2, 0.25) is 0 Å². The van der Waals surface area contributed by atoms with E-state index in [1.165, 1.54) is 6.07 Å². The fourth-order valence-electron chi connectivity index (χ4n) is 1.26. The van der Waals surface area contributed by atoms with Crippen LogP contribution in [0.4, 0.5) is 4.39 Å². The minimum absolute atomic E-state index is 0. The summed E-state index contributed by atoms with van der Waals surface area (Å²) in [5.74, 6) is -0.336. The summed E-state index contributed by atoms with van der Waals surface area (Å²) in [6.07, 6.45) is 0. The molecule has 0 aliphatic heterocycles. The quantitative estimate of drug-likeness (QED) is 0.901. The maximum absolute atomic E-state index is 13.3. The van der Waals surface area contributed by atoms with E-state index in [2.05, 4.69) is 15.9 Å². The van der Waals surface area contributed by atoms with E-state index in [0.717, 1.165) is 0 Å². The van der Waals surface area contributed by atoms with Crippen molar-refractivity contribution in [1.29, 1.82) is 0 Å². The number of benzene rings is 1. The molecule has 0 saturated carbocycles. The van der Waals surface area contributed by atoms with Crippen LogP contribution in [0.15, 0.2) is 22.7 Å². The number of aliphatic hydroxyl groups is 1. The Labute approximate surface area is 110 Å². The smallest absolute Gasteiger partial charge is 0.137 e. The van der Waals surface area contributed by atoms with E-state index in [0.29, 0.717) is 10.0 Å². The molecule has 3 N–H and O–H groups in total. The Morgan fingerprint density at radius 3 is 2.50 bits per heavy atom. The molecular formula is C11H16BrClFNO. The molecule has 0 aromatic heterocycles. The third-order valence-electron chi connectivity index (χ3n) is 2.55. The van der Waals surface area contributed by atoms with Crippen LogP contribution >= 0.6 is 28.3 Å². The molecule has 0 amide bonds. The van der Waals surface area contributed by atoms with Gasteiger partial charge in [-0.1, -0.05) is 19.9 Å². The van der Waals surface area contributed by atoms with Gasteiger partial charge in [0.25, 0.3) is 0 Å². The number of halogens is 3. The Kier molecular flexibility index (Phi) is 5.90. The molecule has 5 heteroatoms. The van der Waals surface area contributed by atoms with Gasteiger partial charge in [0.2, 0.25) is 0 Å². The molecule has 0 fully saturated rings. The van der Waals surface area contributed by atoms with Crippen molar-refractivity contribution in [2.24, 2.45) is 11.1 Å². The van der Waals surface area contributed by atoms with Crippen molar-refractivity contribution in [2.45, 2.75) is 19.9 Å². The third-order valence-corrected chi connectivity index (χ3v) is 3.20. The monoisotopic (exact) mass is 311 g/mol. The Bertz CT molecular complexity index is 360. The largest absolute Gasteiger partial charge is 0.396 e. The molecule has 92 valence electrons. The zero-order valence-electron chi connectivity index (χ0n) is 9.21. The predicted octanol–water partition coefficient (Wildman–Crippen LogP) is 3.03. The second kappa shape index (κ2) is 5.96. The standard InChI is InChI=1S/C11H15BrFNO.ClH/c1-11(2,6-15)10(14)7-3-4-8(12)9(13)5-7;/h3-5,10,15H,6,14H2,1-2H3;1H/t10-;/m0./s1. The minimum atomic E-state index is -0.458. The lowest BCUT2D eigenvalue weighted by Gasteiger charge is -2.29. The summed E-state index contributed by atoms with van der Waals surface area (Å²) in [5, 5.41) is 9.17. The summed E-state index contributed by atoms with van der Waals surface area (Å²) in [6, 6.07) is 4.39. The molecular weight excluding hydrogens is 296 g/mol. The van der Waals surface area contributed by atoms with E-state index in [1.54, 1.807) is 12.1 Å². The molecule has 1 atom stereocenters. The molecule has 16 heavy (non-hydrogen) atoms. The van der Waals surface area contributed by atoms with Crippen molar-refractivity contribution >= 4 is 28.3 Å². The highest BCUT2D eigenvalue weighted by Gasteiger charge is 2.27. The van der Waals surface area contributed by atoms with E-state index in [-0.39, 0.29) is 30.9 Å². The van der Waals surface area contributed by atoms with Gasteiger partial charge in [-0.05, 0) is 33.6 Å². The first-order valence-corrected chi connectivity index (χ1v) is 5.49. The first kappa shape index (κ1) is 15.8. The van der Waals surface area contributed by atoms with Gasteiger partial charge in [0, 0.05) is 18.1 Å². The third kappa shape index (κ3) is 3.42. The van der Waals surface area contributed by atoms with Gasteiger partial charge >= 0.3 is 0 Å². The molecule has 0 aliphatic carbocycles. The molecule has 0 saturated heterocycles. The van der Waals surface area contributed by atoms with Gasteiger partial charge in [0.1, 0.15) is 5.82 Å². The second-order valence-corrected chi connectivity index (χ2v) is 5.15. The molecule has 0 heterocycles. The van der Waals surface area contributed by atoms with Crippen LogP contribution < -0.4 is 5.73 Å². The molecule has 0 aliphatic rings. The van der Waals surface area contributed by atoms with Crippen LogP contribution in [0.1, 0.15) is 25.5 Å². The lowest BCUT2D eigenvalue weighted by Crippen LogP contribution is -2.32. The van der Waals surface area contributed by atoms with Gasteiger partial charge in [0.15, 0.2) is 0 Å². The normalized spacial score (nSPS) is 13.1. The van der Waals surface area contributed by atoms with Gasteiger partial charge in [-0.2, -0.15) is 0 Å². The van der Waals surface area contributed by atoms with Gasteiger partial charge in [0.05, 0.1) is 4.47 Å². The van der Waals surface area contributed by atoms with Crippen molar-refractivity contribution in [2.75, 3.05) is 6.61 Å². The average molecular weight is 313 g/mol. The van der Waals surface area contributed by atoms with Gasteiger partial charge < -0.3 is 10.8 Å². The highest BCUT2D eigenvalue weighted by molar-refractivity contribution is 9.10. The molecule has 1 rings (SSSR count). The van der Waals surface area contributed by atoms with Crippen LogP contribution in [0.5, 0.6) is 0 Å². The fourth-order valence-corrected chi connectivity index (χ4v) is 1.50. The number of hydrogen-bond acceptors (Lipinski definition) is 2. The van der Waals surface area contributed by atoms with E-state index >= 15 is 0 Å². The van der Waals surface area contributed by atoms with Crippen molar-refractivity contribution < 1.29 is 9.50 Å². The predicted molar refractivity (Wildman–Crippen MR) is 69.1 cm³/mol. The van der Waals surface area contributed by atoms with Crippen LogP contribution in [-0.4, -0.2) is 11.7 Å².